The van der Waals surface area contributed by atoms with Crippen molar-refractivity contribution >= 4 is 28.9 Å². The van der Waals surface area contributed by atoms with Crippen LogP contribution in [0.1, 0.15) is 22.4 Å². The van der Waals surface area contributed by atoms with Gasteiger partial charge in [-0.05, 0) is 18.1 Å². The molecule has 4 nitrogen and oxygen atoms in total. The van der Waals surface area contributed by atoms with E-state index in [-0.39, 0.29) is 0 Å². The molecule has 1 aromatic heterocycles. The van der Waals surface area contributed by atoms with Crippen molar-refractivity contribution in [3.8, 4) is 0 Å². The summed E-state index contributed by atoms with van der Waals surface area (Å²) in [6, 6.07) is 7.78. The summed E-state index contributed by atoms with van der Waals surface area (Å²) in [4.78, 5) is 9.88. The van der Waals surface area contributed by atoms with Crippen LogP contribution in [0, 0.1) is 0 Å². The molecule has 0 fully saturated rings. The summed E-state index contributed by atoms with van der Waals surface area (Å²) in [6.07, 6.45) is 2.96. The zero-order chi connectivity index (χ0) is 15.1. The Bertz CT molecular complexity index is 609. The molecule has 2 aromatic rings. The lowest BCUT2D eigenvalue weighted by Crippen LogP contribution is -2.36. The highest BCUT2D eigenvalue weighted by Gasteiger charge is 2.04. The zero-order valence-electron chi connectivity index (χ0n) is 12.2. The van der Waals surface area contributed by atoms with Gasteiger partial charge in [-0.25, -0.2) is 4.98 Å². The van der Waals surface area contributed by atoms with E-state index in [0.29, 0.717) is 13.1 Å². The highest BCUT2D eigenvalue weighted by atomic mass is 35.5. The monoisotopic (exact) mass is 322 g/mol. The van der Waals surface area contributed by atoms with E-state index in [9.17, 15) is 0 Å². The summed E-state index contributed by atoms with van der Waals surface area (Å²) >= 11 is 7.86. The number of nitrogens with zero attached hydrogens (tertiary/aromatic N) is 2. The molecule has 6 heteroatoms. The van der Waals surface area contributed by atoms with Gasteiger partial charge >= 0.3 is 0 Å². The van der Waals surface area contributed by atoms with Crippen LogP contribution in [-0.4, -0.2) is 18.0 Å². The van der Waals surface area contributed by atoms with Gasteiger partial charge in [0.2, 0.25) is 0 Å². The van der Waals surface area contributed by atoms with Crippen molar-refractivity contribution in [3.05, 3.63) is 50.9 Å². The molecule has 0 aliphatic rings. The van der Waals surface area contributed by atoms with Gasteiger partial charge in [0.05, 0.1) is 6.54 Å². The summed E-state index contributed by atoms with van der Waals surface area (Å²) in [5, 5.41) is 8.33. The molecule has 0 atom stereocenters. The molecule has 0 aliphatic heterocycles. The number of hydrogen-bond acceptors (Lipinski definition) is 3. The Morgan fingerprint density at radius 2 is 2.05 bits per heavy atom. The minimum atomic E-state index is 0.636. The molecular formula is C15H19ClN4S. The molecule has 0 bridgehead atoms. The van der Waals surface area contributed by atoms with E-state index in [2.05, 4.69) is 27.5 Å². The lowest BCUT2D eigenvalue weighted by Gasteiger charge is -2.11. The average molecular weight is 323 g/mol. The van der Waals surface area contributed by atoms with Gasteiger partial charge < -0.3 is 10.6 Å². The van der Waals surface area contributed by atoms with Crippen molar-refractivity contribution in [2.24, 2.45) is 4.99 Å². The van der Waals surface area contributed by atoms with Crippen molar-refractivity contribution in [3.63, 3.8) is 0 Å². The number of nitrogens with one attached hydrogen (secondary N) is 2. The Morgan fingerprint density at radius 1 is 1.29 bits per heavy atom. The van der Waals surface area contributed by atoms with Gasteiger partial charge in [0.15, 0.2) is 5.96 Å². The fourth-order valence-electron chi connectivity index (χ4n) is 1.79. The molecule has 0 spiro atoms. The Balaban J connectivity index is 1.85. The zero-order valence-corrected chi connectivity index (χ0v) is 13.8. The Kier molecular flexibility index (Phi) is 6.02. The molecule has 1 heterocycles. The first kappa shape index (κ1) is 15.8. The summed E-state index contributed by atoms with van der Waals surface area (Å²) in [6.45, 7) is 3.44. The number of rotatable bonds is 5. The molecule has 2 N–H and O–H groups in total. The molecule has 0 saturated heterocycles. The Morgan fingerprint density at radius 3 is 2.71 bits per heavy atom. The largest absolute Gasteiger partial charge is 0.352 e. The topological polar surface area (TPSA) is 49.3 Å². The van der Waals surface area contributed by atoms with Crippen molar-refractivity contribution in [2.75, 3.05) is 7.05 Å². The predicted octanol–water partition coefficient (Wildman–Crippen LogP) is 3.22. The third-order valence-electron chi connectivity index (χ3n) is 2.98. The maximum Gasteiger partial charge on any atom is 0.191 e. The van der Waals surface area contributed by atoms with Crippen LogP contribution < -0.4 is 10.6 Å². The van der Waals surface area contributed by atoms with Crippen LogP contribution >= 0.6 is 22.9 Å². The van der Waals surface area contributed by atoms with Gasteiger partial charge in [-0.2, -0.15) is 0 Å². The summed E-state index contributed by atoms with van der Waals surface area (Å²) < 4.78 is 0. The Labute approximate surface area is 134 Å². The quantitative estimate of drug-likeness (QED) is 0.656. The molecule has 0 unspecified atom stereocenters. The molecule has 0 radical (unpaired) electrons. The average Bonchev–Trinajstić information content (AvgIpc) is 2.97. The molecule has 21 heavy (non-hydrogen) atoms. The first-order valence-electron chi connectivity index (χ1n) is 6.84. The van der Waals surface area contributed by atoms with Gasteiger partial charge in [-0.15, -0.1) is 11.3 Å². The van der Waals surface area contributed by atoms with Gasteiger partial charge in [-0.1, -0.05) is 36.7 Å². The van der Waals surface area contributed by atoms with Crippen LogP contribution in [0.2, 0.25) is 5.02 Å². The molecule has 1 aromatic carbocycles. The van der Waals surface area contributed by atoms with E-state index >= 15 is 0 Å². The van der Waals surface area contributed by atoms with Gasteiger partial charge in [-0.3, -0.25) is 4.99 Å². The van der Waals surface area contributed by atoms with Gasteiger partial charge in [0, 0.05) is 29.7 Å². The van der Waals surface area contributed by atoms with Crippen molar-refractivity contribution < 1.29 is 0 Å². The van der Waals surface area contributed by atoms with E-state index in [1.165, 1.54) is 4.88 Å². The normalized spacial score (nSPS) is 11.5. The standard InChI is InChI=1S/C15H19ClN4S/c1-3-12-9-18-14(21-12)10-20-15(17-2)19-8-11-6-4-5-7-13(11)16/h4-7,9H,3,8,10H2,1-2H3,(H2,17,19,20). The number of aryl methyl sites for hydroxylation is 1. The van der Waals surface area contributed by atoms with Crippen LogP contribution in [0.15, 0.2) is 35.5 Å². The molecular weight excluding hydrogens is 304 g/mol. The van der Waals surface area contributed by atoms with E-state index < -0.39 is 0 Å². The van der Waals surface area contributed by atoms with Gasteiger partial charge in [0.25, 0.3) is 0 Å². The number of benzene rings is 1. The number of aromatic nitrogens is 1. The molecule has 0 amide bonds. The molecule has 2 rings (SSSR count). The third kappa shape index (κ3) is 4.72. The molecule has 0 saturated carbocycles. The molecule has 112 valence electrons. The van der Waals surface area contributed by atoms with Crippen molar-refractivity contribution in [2.45, 2.75) is 26.4 Å². The maximum atomic E-state index is 6.13. The van der Waals surface area contributed by atoms with Crippen molar-refractivity contribution in [1.29, 1.82) is 0 Å². The van der Waals surface area contributed by atoms with Crippen LogP contribution in [0.5, 0.6) is 0 Å². The number of aliphatic imine (C=N–C) groups is 1. The maximum absolute atomic E-state index is 6.13. The highest BCUT2D eigenvalue weighted by molar-refractivity contribution is 7.11. The van der Waals surface area contributed by atoms with Crippen LogP contribution in [-0.2, 0) is 19.5 Å². The summed E-state index contributed by atoms with van der Waals surface area (Å²) in [5.74, 6) is 0.739. The minimum absolute atomic E-state index is 0.636. The Hall–Kier alpha value is -1.59. The van der Waals surface area contributed by atoms with E-state index in [1.54, 1.807) is 18.4 Å². The minimum Gasteiger partial charge on any atom is -0.352 e. The second-order valence-electron chi connectivity index (χ2n) is 4.44. The van der Waals surface area contributed by atoms with E-state index in [0.717, 1.165) is 28.0 Å². The number of hydrogen-bond donors (Lipinski definition) is 2. The fourth-order valence-corrected chi connectivity index (χ4v) is 2.80. The lowest BCUT2D eigenvalue weighted by atomic mass is 10.2. The second kappa shape index (κ2) is 8.00. The third-order valence-corrected chi connectivity index (χ3v) is 4.50. The number of guanidine groups is 1. The second-order valence-corrected chi connectivity index (χ2v) is 6.05. The SMILES string of the molecule is CCc1cnc(CNC(=NC)NCc2ccccc2Cl)s1. The van der Waals surface area contributed by atoms with Gasteiger partial charge in [0.1, 0.15) is 5.01 Å². The molecule has 0 aliphatic carbocycles. The summed E-state index contributed by atoms with van der Waals surface area (Å²) in [5.41, 5.74) is 1.05. The number of thiazole rings is 1. The lowest BCUT2D eigenvalue weighted by molar-refractivity contribution is 0.805. The number of halogens is 1. The smallest absolute Gasteiger partial charge is 0.191 e. The van der Waals surface area contributed by atoms with Crippen LogP contribution in [0.4, 0.5) is 0 Å². The van der Waals surface area contributed by atoms with Crippen molar-refractivity contribution in [1.82, 2.24) is 15.6 Å². The van der Waals surface area contributed by atoms with Crippen LogP contribution in [0.25, 0.3) is 0 Å². The first-order chi connectivity index (χ1) is 10.2. The van der Waals surface area contributed by atoms with Crippen LogP contribution in [0.3, 0.4) is 0 Å². The summed E-state index contributed by atoms with van der Waals surface area (Å²) in [7, 11) is 1.75. The van der Waals surface area contributed by atoms with E-state index in [1.807, 2.05) is 30.5 Å². The van der Waals surface area contributed by atoms with E-state index in [4.69, 9.17) is 11.6 Å². The highest BCUT2D eigenvalue weighted by Crippen LogP contribution is 2.14. The fraction of sp³-hybridized carbons (Fsp3) is 0.333. The predicted molar refractivity (Wildman–Crippen MR) is 90.0 cm³/mol. The first-order valence-corrected chi connectivity index (χ1v) is 8.04.